The van der Waals surface area contributed by atoms with Crippen LogP contribution in [0.2, 0.25) is 10.0 Å². The lowest BCUT2D eigenvalue weighted by atomic mass is 9.97. The fraction of sp³-hybridized carbons (Fsp3) is 0.577. The Hall–Kier alpha value is -1.70. The number of anilines is 1. The maximum atomic E-state index is 14.2. The second kappa shape index (κ2) is 13.1. The second-order valence-electron chi connectivity index (χ2n) is 10.3. The molecule has 0 aliphatic carbocycles. The van der Waals surface area contributed by atoms with Gasteiger partial charge in [0, 0.05) is 63.0 Å². The predicted molar refractivity (Wildman–Crippen MR) is 151 cm³/mol. The number of pyridine rings is 1. The Bertz CT molecular complexity index is 1280. The van der Waals surface area contributed by atoms with Crippen LogP contribution in [0.4, 0.5) is 23.4 Å². The third-order valence-electron chi connectivity index (χ3n) is 7.46. The van der Waals surface area contributed by atoms with Gasteiger partial charge in [0.1, 0.15) is 11.6 Å². The molecule has 40 heavy (non-hydrogen) atoms. The van der Waals surface area contributed by atoms with Crippen LogP contribution < -0.4 is 9.62 Å². The van der Waals surface area contributed by atoms with Crippen LogP contribution in [0.15, 0.2) is 30.5 Å². The van der Waals surface area contributed by atoms with Crippen molar-refractivity contribution in [1.82, 2.24) is 19.5 Å². The molecule has 0 amide bonds. The molecule has 2 aliphatic rings. The fourth-order valence-corrected chi connectivity index (χ4v) is 6.85. The number of likely N-dealkylation sites (tertiary alicyclic amines) is 1. The average molecular weight is 629 g/mol. The number of sulfonamides is 1. The van der Waals surface area contributed by atoms with E-state index in [1.165, 1.54) is 18.3 Å². The average Bonchev–Trinajstić information content (AvgIpc) is 2.88. The summed E-state index contributed by atoms with van der Waals surface area (Å²) in [4.78, 5) is 11.3. The van der Waals surface area contributed by atoms with Crippen LogP contribution in [-0.4, -0.2) is 79.9 Å². The second-order valence-corrected chi connectivity index (χ2v) is 13.0. The summed E-state index contributed by atoms with van der Waals surface area (Å²) in [5.41, 5.74) is 1.02. The van der Waals surface area contributed by atoms with Crippen molar-refractivity contribution in [3.05, 3.63) is 57.5 Å². The van der Waals surface area contributed by atoms with Gasteiger partial charge in [0.05, 0.1) is 5.02 Å². The molecule has 2 aromatic rings. The van der Waals surface area contributed by atoms with Gasteiger partial charge in [0.25, 0.3) is 0 Å². The summed E-state index contributed by atoms with van der Waals surface area (Å²) in [6.07, 6.45) is -0.474. The molecule has 7 nitrogen and oxygen atoms in total. The summed E-state index contributed by atoms with van der Waals surface area (Å²) < 4.78 is 76.8. The molecule has 0 spiro atoms. The Morgan fingerprint density at radius 1 is 1.12 bits per heavy atom. The Morgan fingerprint density at radius 2 is 1.85 bits per heavy atom. The van der Waals surface area contributed by atoms with E-state index >= 15 is 0 Å². The smallest absolute Gasteiger partial charge is 0.353 e. The van der Waals surface area contributed by atoms with E-state index in [9.17, 15) is 26.0 Å². The van der Waals surface area contributed by atoms with E-state index in [1.807, 2.05) is 4.72 Å². The van der Waals surface area contributed by atoms with Crippen molar-refractivity contribution in [2.45, 2.75) is 57.5 Å². The van der Waals surface area contributed by atoms with Gasteiger partial charge >= 0.3 is 6.18 Å². The monoisotopic (exact) mass is 627 g/mol. The minimum atomic E-state index is -4.82. The van der Waals surface area contributed by atoms with E-state index in [2.05, 4.69) is 26.6 Å². The molecular formula is C26H35Cl2F4N5O2S. The highest BCUT2D eigenvalue weighted by atomic mass is 35.5. The first-order valence-corrected chi connectivity index (χ1v) is 15.6. The summed E-state index contributed by atoms with van der Waals surface area (Å²) >= 11 is 12.4. The van der Waals surface area contributed by atoms with Gasteiger partial charge in [0.15, 0.2) is 5.75 Å². The summed E-state index contributed by atoms with van der Waals surface area (Å²) in [5, 5.41) is 0.711. The number of nitrogens with zero attached hydrogens (tertiary/aromatic N) is 4. The topological polar surface area (TPSA) is 68.8 Å². The van der Waals surface area contributed by atoms with Gasteiger partial charge in [-0.25, -0.2) is 22.5 Å². The Balaban J connectivity index is 0.00000462. The lowest BCUT2D eigenvalue weighted by Crippen LogP contribution is -2.58. The van der Waals surface area contributed by atoms with Gasteiger partial charge in [-0.3, -0.25) is 9.80 Å². The van der Waals surface area contributed by atoms with Crippen molar-refractivity contribution >= 4 is 39.0 Å². The number of benzene rings is 1. The van der Waals surface area contributed by atoms with Gasteiger partial charge < -0.3 is 4.90 Å². The number of piperazine rings is 1. The maximum absolute atomic E-state index is 14.2. The molecule has 2 aliphatic heterocycles. The first-order valence-electron chi connectivity index (χ1n) is 13.2. The number of rotatable bonds is 9. The van der Waals surface area contributed by atoms with Crippen molar-refractivity contribution < 1.29 is 27.4 Å². The number of aromatic nitrogens is 1. The van der Waals surface area contributed by atoms with Crippen LogP contribution in [0, 0.1) is 5.82 Å². The van der Waals surface area contributed by atoms with E-state index in [4.69, 9.17) is 23.2 Å². The van der Waals surface area contributed by atoms with Crippen molar-refractivity contribution in [3.63, 3.8) is 0 Å². The molecule has 0 bridgehead atoms. The van der Waals surface area contributed by atoms with Crippen molar-refractivity contribution in [1.29, 1.82) is 0 Å². The molecule has 1 N–H and O–H groups in total. The van der Waals surface area contributed by atoms with Crippen LogP contribution in [0.25, 0.3) is 0 Å². The Kier molecular flexibility index (Phi) is 10.2. The zero-order valence-corrected chi connectivity index (χ0v) is 24.4. The van der Waals surface area contributed by atoms with Crippen LogP contribution >= 0.6 is 23.2 Å². The largest absolute Gasteiger partial charge is 0.404 e. The molecule has 0 saturated carbocycles. The molecule has 0 unspecified atom stereocenters. The first-order chi connectivity index (χ1) is 18.8. The van der Waals surface area contributed by atoms with Gasteiger partial charge in [-0.05, 0) is 56.1 Å². The molecular weight excluding hydrogens is 593 g/mol. The number of hydrogen-bond donors (Lipinski definition) is 1. The number of piperidine rings is 1. The fourth-order valence-electron chi connectivity index (χ4n) is 5.47. The standard InChI is InChI=1S/C26H33Cl2F4N5O2S.H2/c1-2-21-16-36(25-23(28)11-18(13-33-25)14-34-40(38,39)17-26(30,31)32)9-10-37(21)22-5-7-35(8-6-22)15-19-3-4-20(27)12-24(19)29;/h3-4,11-13,21-22,34H,2,5-10,14-17H2,1H3;1H/t21-;/m0./s1. The quantitative estimate of drug-likeness (QED) is 0.380. The van der Waals surface area contributed by atoms with Crippen molar-refractivity contribution in [2.24, 2.45) is 0 Å². The first kappa shape index (κ1) is 31.2. The third-order valence-corrected chi connectivity index (χ3v) is 9.27. The van der Waals surface area contributed by atoms with Gasteiger partial charge in [0.2, 0.25) is 10.0 Å². The number of hydrogen-bond acceptors (Lipinski definition) is 6. The zero-order valence-electron chi connectivity index (χ0n) is 22.1. The Morgan fingerprint density at radius 3 is 2.48 bits per heavy atom. The summed E-state index contributed by atoms with van der Waals surface area (Å²) in [6, 6.07) is 7.05. The summed E-state index contributed by atoms with van der Waals surface area (Å²) in [7, 11) is -4.52. The maximum Gasteiger partial charge on any atom is 0.404 e. The van der Waals surface area contributed by atoms with Crippen LogP contribution in [0.3, 0.4) is 0 Å². The molecule has 3 heterocycles. The van der Waals surface area contributed by atoms with Crippen LogP contribution in [-0.2, 0) is 23.1 Å². The molecule has 1 aromatic heterocycles. The highest BCUT2D eigenvalue weighted by molar-refractivity contribution is 7.89. The highest BCUT2D eigenvalue weighted by Gasteiger charge is 2.36. The lowest BCUT2D eigenvalue weighted by molar-refractivity contribution is -0.106. The van der Waals surface area contributed by atoms with Gasteiger partial charge in [-0.15, -0.1) is 0 Å². The third kappa shape index (κ3) is 8.42. The summed E-state index contributed by atoms with van der Waals surface area (Å²) in [6.45, 7) is 6.38. The Labute approximate surface area is 244 Å². The number of nitrogens with one attached hydrogen (secondary N) is 1. The van der Waals surface area contributed by atoms with E-state index in [1.54, 1.807) is 12.1 Å². The normalized spacial score (nSPS) is 20.3. The predicted octanol–water partition coefficient (Wildman–Crippen LogP) is 5.32. The van der Waals surface area contributed by atoms with Crippen LogP contribution in [0.1, 0.15) is 38.7 Å². The van der Waals surface area contributed by atoms with Crippen LogP contribution in [0.5, 0.6) is 0 Å². The molecule has 14 heteroatoms. The van der Waals surface area contributed by atoms with E-state index < -0.39 is 22.0 Å². The molecule has 0 radical (unpaired) electrons. The number of halogens is 6. The van der Waals surface area contributed by atoms with Crippen molar-refractivity contribution in [2.75, 3.05) is 43.4 Å². The van der Waals surface area contributed by atoms with E-state index in [0.29, 0.717) is 46.1 Å². The molecule has 2 fully saturated rings. The molecule has 224 valence electrons. The highest BCUT2D eigenvalue weighted by Crippen LogP contribution is 2.30. The molecule has 2 saturated heterocycles. The minimum Gasteiger partial charge on any atom is -0.353 e. The van der Waals surface area contributed by atoms with Crippen molar-refractivity contribution in [3.8, 4) is 0 Å². The zero-order chi connectivity index (χ0) is 29.1. The SMILES string of the molecule is CC[C@H]1CN(c2ncc(CNS(=O)(=O)CC(F)(F)F)cc2Cl)CCN1C1CCN(Cc2ccc(Cl)cc2F)CC1.[HH]. The van der Waals surface area contributed by atoms with Gasteiger partial charge in [-0.1, -0.05) is 36.2 Å². The van der Waals surface area contributed by atoms with Gasteiger partial charge in [-0.2, -0.15) is 13.2 Å². The molecule has 1 atom stereocenters. The minimum absolute atomic E-state index is 0. The van der Waals surface area contributed by atoms with E-state index in [0.717, 1.165) is 45.4 Å². The lowest BCUT2D eigenvalue weighted by Gasteiger charge is -2.47. The number of alkyl halides is 3. The van der Waals surface area contributed by atoms with E-state index in [-0.39, 0.29) is 19.8 Å². The molecule has 4 rings (SSSR count). The molecule has 1 aromatic carbocycles. The summed E-state index contributed by atoms with van der Waals surface area (Å²) in [5.74, 6) is -1.65.